The van der Waals surface area contributed by atoms with Gasteiger partial charge in [-0.2, -0.15) is 4.98 Å². The molecule has 3 aromatic heterocycles. The summed E-state index contributed by atoms with van der Waals surface area (Å²) in [6.45, 7) is 12.9. The highest BCUT2D eigenvalue weighted by Crippen LogP contribution is 2.32. The largest absolute Gasteiger partial charge is 0.368 e. The van der Waals surface area contributed by atoms with Crippen LogP contribution in [0.2, 0.25) is 0 Å². The van der Waals surface area contributed by atoms with E-state index in [1.165, 1.54) is 18.4 Å². The Balaban J connectivity index is 0.853. The number of anilines is 3. The molecule has 3 fully saturated rings. The van der Waals surface area contributed by atoms with Gasteiger partial charge in [0.2, 0.25) is 17.8 Å². The molecule has 1 aromatic carbocycles. The number of rotatable bonds is 9. The van der Waals surface area contributed by atoms with Crippen LogP contribution in [-0.2, 0) is 21.4 Å². The highest BCUT2D eigenvalue weighted by Gasteiger charge is 2.39. The van der Waals surface area contributed by atoms with Gasteiger partial charge >= 0.3 is 0 Å². The van der Waals surface area contributed by atoms with Crippen LogP contribution in [0.1, 0.15) is 65.5 Å². The molecule has 3 saturated heterocycles. The number of hydrogen-bond acceptors (Lipinski definition) is 10. The number of nitrogens with two attached hydrogens (primary N) is 1. The molecule has 0 radical (unpaired) electrons. The van der Waals surface area contributed by atoms with Gasteiger partial charge in [0.15, 0.2) is 0 Å². The Morgan fingerprint density at radius 2 is 1.74 bits per heavy atom. The van der Waals surface area contributed by atoms with E-state index in [-0.39, 0.29) is 11.8 Å². The molecule has 0 aliphatic carbocycles. The molecular formula is C37H46N10O3. The highest BCUT2D eigenvalue weighted by atomic mass is 16.2. The second-order valence-corrected chi connectivity index (χ2v) is 14.1. The maximum absolute atomic E-state index is 12.5. The number of piperazine rings is 1. The Hall–Kier alpha value is -4.88. The molecular weight excluding hydrogens is 632 g/mol. The van der Waals surface area contributed by atoms with Crippen molar-refractivity contribution in [2.45, 2.75) is 64.3 Å². The van der Waals surface area contributed by atoms with Gasteiger partial charge < -0.3 is 25.8 Å². The van der Waals surface area contributed by atoms with Crippen molar-refractivity contribution in [3.63, 3.8) is 0 Å². The number of carbonyl (C=O) groups is 3. The number of primary amides is 1. The minimum atomic E-state index is -0.644. The van der Waals surface area contributed by atoms with Crippen LogP contribution in [0.4, 0.5) is 17.5 Å². The summed E-state index contributed by atoms with van der Waals surface area (Å²) in [5, 5.41) is 6.49. The van der Waals surface area contributed by atoms with Crippen molar-refractivity contribution >= 4 is 46.2 Å². The van der Waals surface area contributed by atoms with Crippen LogP contribution in [0.5, 0.6) is 0 Å². The number of likely N-dealkylation sites (tertiary alicyclic amines) is 1. The minimum Gasteiger partial charge on any atom is -0.368 e. The zero-order valence-electron chi connectivity index (χ0n) is 29.1. The number of benzene rings is 1. The van der Waals surface area contributed by atoms with Crippen LogP contribution in [0.3, 0.4) is 0 Å². The number of pyridine rings is 1. The third-order valence-corrected chi connectivity index (χ3v) is 11.0. The molecule has 3 aliphatic rings. The van der Waals surface area contributed by atoms with E-state index in [1.54, 1.807) is 0 Å². The number of nitrogens with one attached hydrogen (secondary N) is 3. The summed E-state index contributed by atoms with van der Waals surface area (Å²) in [6.07, 6.45) is 6.19. The molecule has 3 amide bonds. The summed E-state index contributed by atoms with van der Waals surface area (Å²) in [6, 6.07) is 13.0. The van der Waals surface area contributed by atoms with E-state index in [2.05, 4.69) is 75.6 Å². The Labute approximate surface area is 292 Å². The summed E-state index contributed by atoms with van der Waals surface area (Å²) in [7, 11) is 0. The molecule has 13 heteroatoms. The molecule has 5 N–H and O–H groups in total. The Kier molecular flexibility index (Phi) is 9.27. The van der Waals surface area contributed by atoms with E-state index >= 15 is 0 Å². The van der Waals surface area contributed by atoms with Gasteiger partial charge in [0.1, 0.15) is 17.2 Å². The molecule has 3 aliphatic heterocycles. The fourth-order valence-corrected chi connectivity index (χ4v) is 7.77. The Morgan fingerprint density at radius 3 is 2.40 bits per heavy atom. The molecule has 0 bridgehead atoms. The predicted molar refractivity (Wildman–Crippen MR) is 193 cm³/mol. The first kappa shape index (κ1) is 33.6. The van der Waals surface area contributed by atoms with Crippen LogP contribution in [0, 0.1) is 13.8 Å². The standard InChI is InChI=1S/C37H46N10O3/c1-23-31-24(2)40-36(44-34(31)43-32(23)33(38)49)41-29-9-8-28(22-39-29)47-20-18-46(19-21-47)27-12-16-45(17-13-27)15-11-25-4-6-26(7-5-25)37(3)14-10-30(48)42-35(37)50/h4-9,22,27H,10-21H2,1-3H3,(H2,38,49)(H,42,48,50)(H2,39,40,41,43,44). The summed E-state index contributed by atoms with van der Waals surface area (Å²) in [4.78, 5) is 60.3. The van der Waals surface area contributed by atoms with Crippen molar-refractivity contribution in [2.75, 3.05) is 56.0 Å². The third kappa shape index (κ3) is 6.79. The van der Waals surface area contributed by atoms with Crippen LogP contribution >= 0.6 is 0 Å². The van der Waals surface area contributed by atoms with Crippen LogP contribution in [0.25, 0.3) is 11.0 Å². The number of amides is 3. The SMILES string of the molecule is Cc1nc(Nc2ccc(N3CCN(C4CCN(CCc5ccc(C6(C)CCC(=O)NC6=O)cc5)CC4)CC3)cn2)nc2[nH]c(C(N)=O)c(C)c12. The first-order valence-corrected chi connectivity index (χ1v) is 17.6. The van der Waals surface area contributed by atoms with Gasteiger partial charge in [-0.1, -0.05) is 24.3 Å². The van der Waals surface area contributed by atoms with Gasteiger partial charge in [0.25, 0.3) is 5.91 Å². The number of hydrogen-bond donors (Lipinski definition) is 4. The minimum absolute atomic E-state index is 0.182. The van der Waals surface area contributed by atoms with E-state index in [1.807, 2.05) is 33.0 Å². The molecule has 0 saturated carbocycles. The van der Waals surface area contributed by atoms with Crippen LogP contribution in [0.15, 0.2) is 42.6 Å². The zero-order chi connectivity index (χ0) is 35.0. The lowest BCUT2D eigenvalue weighted by molar-refractivity contribution is -0.137. The molecule has 50 heavy (non-hydrogen) atoms. The van der Waals surface area contributed by atoms with Crippen molar-refractivity contribution in [1.82, 2.24) is 35.1 Å². The quantitative estimate of drug-likeness (QED) is 0.193. The van der Waals surface area contributed by atoms with E-state index in [0.29, 0.717) is 42.0 Å². The van der Waals surface area contributed by atoms with Gasteiger partial charge in [-0.05, 0) is 88.4 Å². The maximum atomic E-state index is 12.5. The number of aryl methyl sites for hydroxylation is 2. The zero-order valence-corrected chi connectivity index (χ0v) is 29.1. The lowest BCUT2D eigenvalue weighted by atomic mass is 9.75. The van der Waals surface area contributed by atoms with Crippen LogP contribution in [-0.4, -0.2) is 99.3 Å². The number of aromatic nitrogens is 4. The van der Waals surface area contributed by atoms with Crippen molar-refractivity contribution in [3.05, 3.63) is 70.7 Å². The van der Waals surface area contributed by atoms with Gasteiger partial charge in [-0.25, -0.2) is 9.97 Å². The lowest BCUT2D eigenvalue weighted by Gasteiger charge is -2.43. The van der Waals surface area contributed by atoms with E-state index in [9.17, 15) is 14.4 Å². The Morgan fingerprint density at radius 1 is 1.00 bits per heavy atom. The van der Waals surface area contributed by atoms with Crippen molar-refractivity contribution in [1.29, 1.82) is 0 Å². The number of carbonyl (C=O) groups excluding carboxylic acids is 3. The number of H-pyrrole nitrogens is 1. The van der Waals surface area contributed by atoms with Crippen molar-refractivity contribution in [2.24, 2.45) is 5.73 Å². The summed E-state index contributed by atoms with van der Waals surface area (Å²) in [5.41, 5.74) is 10.6. The van der Waals surface area contributed by atoms with Gasteiger partial charge in [-0.3, -0.25) is 24.6 Å². The average molecular weight is 679 g/mol. The number of fused-ring (bicyclic) bond motifs is 1. The number of aromatic amines is 1. The average Bonchev–Trinajstić information content (AvgIpc) is 3.46. The maximum Gasteiger partial charge on any atom is 0.265 e. The first-order chi connectivity index (χ1) is 24.1. The fraction of sp³-hybridized carbons (Fsp3) is 0.459. The summed E-state index contributed by atoms with van der Waals surface area (Å²) in [5.74, 6) is 0.155. The van der Waals surface area contributed by atoms with Gasteiger partial charge in [-0.15, -0.1) is 0 Å². The second-order valence-electron chi connectivity index (χ2n) is 14.1. The van der Waals surface area contributed by atoms with Gasteiger partial charge in [0.05, 0.1) is 23.0 Å². The molecule has 4 aromatic rings. The second kappa shape index (κ2) is 13.8. The summed E-state index contributed by atoms with van der Waals surface area (Å²) < 4.78 is 0. The normalized spacial score (nSPS) is 21.1. The molecule has 262 valence electrons. The Bertz CT molecular complexity index is 1890. The number of piperidine rings is 2. The number of nitrogens with zero attached hydrogens (tertiary/aromatic N) is 6. The first-order valence-electron chi connectivity index (χ1n) is 17.6. The van der Waals surface area contributed by atoms with E-state index < -0.39 is 11.3 Å². The van der Waals surface area contributed by atoms with Crippen LogP contribution < -0.4 is 21.3 Å². The van der Waals surface area contributed by atoms with E-state index in [4.69, 9.17) is 5.73 Å². The predicted octanol–water partition coefficient (Wildman–Crippen LogP) is 3.34. The highest BCUT2D eigenvalue weighted by molar-refractivity contribution is 6.03. The summed E-state index contributed by atoms with van der Waals surface area (Å²) >= 11 is 0. The smallest absolute Gasteiger partial charge is 0.265 e. The van der Waals surface area contributed by atoms with E-state index in [0.717, 1.165) is 80.1 Å². The molecule has 0 spiro atoms. The topological polar surface area (TPSA) is 165 Å². The molecule has 1 unspecified atom stereocenters. The number of imide groups is 1. The third-order valence-electron chi connectivity index (χ3n) is 11.0. The molecule has 6 heterocycles. The molecule has 13 nitrogen and oxygen atoms in total. The van der Waals surface area contributed by atoms with Gasteiger partial charge in [0, 0.05) is 50.6 Å². The molecule has 1 atom stereocenters. The molecule has 7 rings (SSSR count). The van der Waals surface area contributed by atoms with Crippen molar-refractivity contribution in [3.8, 4) is 0 Å². The fourth-order valence-electron chi connectivity index (χ4n) is 7.77. The van der Waals surface area contributed by atoms with Crippen molar-refractivity contribution < 1.29 is 14.4 Å². The monoisotopic (exact) mass is 678 g/mol. The lowest BCUT2D eigenvalue weighted by Crippen LogP contribution is -2.53.